The summed E-state index contributed by atoms with van der Waals surface area (Å²) in [6.45, 7) is -0.292. The van der Waals surface area contributed by atoms with Crippen molar-refractivity contribution in [1.29, 1.82) is 0 Å². The Morgan fingerprint density at radius 2 is 2.22 bits per heavy atom. The molecule has 18 heavy (non-hydrogen) atoms. The largest absolute Gasteiger partial charge is 0.480 e. The molecular weight excluding hydrogens is 234 g/mol. The van der Waals surface area contributed by atoms with Crippen molar-refractivity contribution in [3.05, 3.63) is 35.4 Å². The molecule has 2 aliphatic rings. The van der Waals surface area contributed by atoms with Gasteiger partial charge in [-0.2, -0.15) is 0 Å². The van der Waals surface area contributed by atoms with E-state index in [-0.39, 0.29) is 31.2 Å². The van der Waals surface area contributed by atoms with E-state index in [1.165, 1.54) is 4.90 Å². The number of benzene rings is 1. The molecule has 1 aliphatic carbocycles. The van der Waals surface area contributed by atoms with E-state index in [0.717, 1.165) is 17.5 Å². The summed E-state index contributed by atoms with van der Waals surface area (Å²) in [6, 6.07) is 7.54. The van der Waals surface area contributed by atoms with Gasteiger partial charge in [0.25, 0.3) is 0 Å². The lowest BCUT2D eigenvalue weighted by atomic mass is 10.0. The highest BCUT2D eigenvalue weighted by atomic mass is 16.5. The molecule has 0 spiro atoms. The van der Waals surface area contributed by atoms with Crippen LogP contribution >= 0.6 is 0 Å². The zero-order chi connectivity index (χ0) is 12.7. The molecule has 0 saturated carbocycles. The van der Waals surface area contributed by atoms with Gasteiger partial charge in [0, 0.05) is 6.42 Å². The minimum Gasteiger partial charge on any atom is -0.480 e. The van der Waals surface area contributed by atoms with Gasteiger partial charge in [0.15, 0.2) is 0 Å². The highest BCUT2D eigenvalue weighted by molar-refractivity contribution is 5.83. The number of morpholine rings is 1. The van der Waals surface area contributed by atoms with Crippen LogP contribution in [0.5, 0.6) is 0 Å². The number of nitrogens with zero attached hydrogens (tertiary/aromatic N) is 1. The van der Waals surface area contributed by atoms with Crippen LogP contribution in [-0.4, -0.2) is 41.1 Å². The lowest BCUT2D eigenvalue weighted by Crippen LogP contribution is -2.49. The lowest BCUT2D eigenvalue weighted by molar-refractivity contribution is -0.162. The maximum atomic E-state index is 11.8. The van der Waals surface area contributed by atoms with Gasteiger partial charge >= 0.3 is 5.97 Å². The summed E-state index contributed by atoms with van der Waals surface area (Å²) in [4.78, 5) is 24.1. The molecule has 5 heteroatoms. The van der Waals surface area contributed by atoms with E-state index in [1.807, 2.05) is 24.3 Å². The van der Waals surface area contributed by atoms with Gasteiger partial charge in [-0.3, -0.25) is 9.59 Å². The molecule has 0 radical (unpaired) electrons. The monoisotopic (exact) mass is 247 g/mol. The minimum atomic E-state index is -0.992. The molecule has 5 nitrogen and oxygen atoms in total. The molecule has 2 unspecified atom stereocenters. The van der Waals surface area contributed by atoms with Gasteiger partial charge < -0.3 is 14.7 Å². The topological polar surface area (TPSA) is 66.8 Å². The fraction of sp³-hybridized carbons (Fsp3) is 0.385. The van der Waals surface area contributed by atoms with E-state index < -0.39 is 5.97 Å². The first kappa shape index (κ1) is 11.2. The van der Waals surface area contributed by atoms with Gasteiger partial charge in [-0.1, -0.05) is 24.3 Å². The average Bonchev–Trinajstić information content (AvgIpc) is 2.71. The number of carboxylic acids is 1. The maximum Gasteiger partial charge on any atom is 0.323 e. The second-order valence-corrected chi connectivity index (χ2v) is 4.61. The quantitative estimate of drug-likeness (QED) is 0.830. The molecule has 1 amide bonds. The summed E-state index contributed by atoms with van der Waals surface area (Å²) in [5.41, 5.74) is 2.15. The Bertz CT molecular complexity index is 513. The standard InChI is InChI=1S/C13H13NO4/c15-11-7-18-10-5-8-3-1-2-4-9(8)13(10)14(11)6-12(16)17/h1-4,10,13H,5-7H2,(H,16,17). The van der Waals surface area contributed by atoms with Crippen molar-refractivity contribution in [2.75, 3.05) is 13.2 Å². The molecule has 0 aromatic heterocycles. The van der Waals surface area contributed by atoms with Crippen molar-refractivity contribution in [3.63, 3.8) is 0 Å². The Hall–Kier alpha value is -1.88. The predicted octanol–water partition coefficient (Wildman–Crippen LogP) is 0.596. The third kappa shape index (κ3) is 1.67. The van der Waals surface area contributed by atoms with Crippen LogP contribution in [0.2, 0.25) is 0 Å². The Labute approximate surface area is 104 Å². The molecule has 2 atom stereocenters. The first-order valence-corrected chi connectivity index (χ1v) is 5.87. The number of aliphatic carboxylic acids is 1. The van der Waals surface area contributed by atoms with Gasteiger partial charge in [0.2, 0.25) is 5.91 Å². The number of fused-ring (bicyclic) bond motifs is 3. The van der Waals surface area contributed by atoms with E-state index >= 15 is 0 Å². The number of hydrogen-bond acceptors (Lipinski definition) is 3. The molecule has 1 heterocycles. The van der Waals surface area contributed by atoms with Crippen LogP contribution in [0.3, 0.4) is 0 Å². The number of hydrogen-bond donors (Lipinski definition) is 1. The number of carbonyl (C=O) groups excluding carboxylic acids is 1. The van der Waals surface area contributed by atoms with Crippen LogP contribution in [0.4, 0.5) is 0 Å². The highest BCUT2D eigenvalue weighted by Gasteiger charge is 2.43. The Morgan fingerprint density at radius 1 is 1.44 bits per heavy atom. The Kier molecular flexibility index (Phi) is 2.56. The zero-order valence-corrected chi connectivity index (χ0v) is 9.70. The third-order valence-corrected chi connectivity index (χ3v) is 3.53. The Morgan fingerprint density at radius 3 is 3.00 bits per heavy atom. The fourth-order valence-corrected chi connectivity index (χ4v) is 2.80. The molecule has 1 aliphatic heterocycles. The number of rotatable bonds is 2. The summed E-state index contributed by atoms with van der Waals surface area (Å²) >= 11 is 0. The smallest absolute Gasteiger partial charge is 0.323 e. The van der Waals surface area contributed by atoms with E-state index in [9.17, 15) is 9.59 Å². The summed E-state index contributed by atoms with van der Waals surface area (Å²) in [5.74, 6) is -1.25. The normalized spacial score (nSPS) is 25.8. The van der Waals surface area contributed by atoms with Crippen molar-refractivity contribution >= 4 is 11.9 Å². The van der Waals surface area contributed by atoms with Gasteiger partial charge in [-0.05, 0) is 11.1 Å². The second-order valence-electron chi connectivity index (χ2n) is 4.61. The number of carboxylic acid groups (broad SMARTS) is 1. The van der Waals surface area contributed by atoms with Crippen LogP contribution in [0.25, 0.3) is 0 Å². The molecule has 1 fully saturated rings. The van der Waals surface area contributed by atoms with Gasteiger partial charge in [-0.25, -0.2) is 0 Å². The molecule has 1 aromatic carbocycles. The van der Waals surface area contributed by atoms with Crippen molar-refractivity contribution in [3.8, 4) is 0 Å². The van der Waals surface area contributed by atoms with Crippen molar-refractivity contribution in [2.45, 2.75) is 18.6 Å². The lowest BCUT2D eigenvalue weighted by Gasteiger charge is -2.36. The zero-order valence-electron chi connectivity index (χ0n) is 9.70. The predicted molar refractivity (Wildman–Crippen MR) is 62.0 cm³/mol. The molecule has 3 rings (SSSR count). The van der Waals surface area contributed by atoms with Crippen molar-refractivity contribution < 1.29 is 19.4 Å². The Balaban J connectivity index is 1.98. The number of amides is 1. The molecule has 1 aromatic rings. The first-order chi connectivity index (χ1) is 8.66. The van der Waals surface area contributed by atoms with Gasteiger partial charge in [0.05, 0.1) is 12.1 Å². The molecular formula is C13H13NO4. The molecule has 1 saturated heterocycles. The summed E-state index contributed by atoms with van der Waals surface area (Å²) in [6.07, 6.45) is 0.629. The van der Waals surface area contributed by atoms with E-state index in [0.29, 0.717) is 0 Å². The summed E-state index contributed by atoms with van der Waals surface area (Å²) in [5, 5.41) is 8.92. The summed E-state index contributed by atoms with van der Waals surface area (Å²) < 4.78 is 5.52. The van der Waals surface area contributed by atoms with Crippen LogP contribution in [-0.2, 0) is 20.7 Å². The van der Waals surface area contributed by atoms with Gasteiger partial charge in [-0.15, -0.1) is 0 Å². The molecule has 1 N–H and O–H groups in total. The first-order valence-electron chi connectivity index (χ1n) is 5.87. The van der Waals surface area contributed by atoms with Crippen LogP contribution < -0.4 is 0 Å². The molecule has 94 valence electrons. The van der Waals surface area contributed by atoms with E-state index in [1.54, 1.807) is 0 Å². The highest BCUT2D eigenvalue weighted by Crippen LogP contribution is 2.39. The second kappa shape index (κ2) is 4.10. The number of carbonyl (C=O) groups is 2. The van der Waals surface area contributed by atoms with E-state index in [2.05, 4.69) is 0 Å². The van der Waals surface area contributed by atoms with Gasteiger partial charge in [0.1, 0.15) is 13.2 Å². The minimum absolute atomic E-state index is 0.0254. The van der Waals surface area contributed by atoms with Crippen molar-refractivity contribution in [2.24, 2.45) is 0 Å². The number of ether oxygens (including phenoxy) is 1. The molecule has 0 bridgehead atoms. The average molecular weight is 247 g/mol. The van der Waals surface area contributed by atoms with Crippen molar-refractivity contribution in [1.82, 2.24) is 4.90 Å². The summed E-state index contributed by atoms with van der Waals surface area (Å²) in [7, 11) is 0. The third-order valence-electron chi connectivity index (χ3n) is 3.53. The van der Waals surface area contributed by atoms with Crippen LogP contribution in [0.1, 0.15) is 17.2 Å². The maximum absolute atomic E-state index is 11.8. The fourth-order valence-electron chi connectivity index (χ4n) is 2.80. The SMILES string of the molecule is O=C(O)CN1C(=O)COC2Cc3ccccc3C21. The van der Waals surface area contributed by atoms with Crippen LogP contribution in [0.15, 0.2) is 24.3 Å². The van der Waals surface area contributed by atoms with E-state index in [4.69, 9.17) is 9.84 Å². The van der Waals surface area contributed by atoms with Crippen LogP contribution in [0, 0.1) is 0 Å².